The third kappa shape index (κ3) is 4.23. The van der Waals surface area contributed by atoms with Crippen LogP contribution in [0.15, 0.2) is 24.3 Å². The number of hydrogen-bond donors (Lipinski definition) is 1. The molecule has 4 heteroatoms. The van der Waals surface area contributed by atoms with Crippen LogP contribution >= 0.6 is 0 Å². The molecule has 1 nitrogen and oxygen atoms in total. The van der Waals surface area contributed by atoms with Gasteiger partial charge in [0.1, 0.15) is 5.82 Å². The van der Waals surface area contributed by atoms with Gasteiger partial charge in [0.15, 0.2) is 0 Å². The molecule has 0 aliphatic rings. The molecular formula is C12H16F3N. The lowest BCUT2D eigenvalue weighted by molar-refractivity contribution is 0.101. The summed E-state index contributed by atoms with van der Waals surface area (Å²) in [6.07, 6.45) is -1.76. The van der Waals surface area contributed by atoms with Crippen molar-refractivity contribution in [2.75, 3.05) is 0 Å². The summed E-state index contributed by atoms with van der Waals surface area (Å²) in [7, 11) is 0. The minimum Gasteiger partial charge on any atom is -0.306 e. The topological polar surface area (TPSA) is 12.0 Å². The summed E-state index contributed by atoms with van der Waals surface area (Å²) < 4.78 is 37.2. The molecule has 16 heavy (non-hydrogen) atoms. The van der Waals surface area contributed by atoms with Crippen molar-refractivity contribution in [2.24, 2.45) is 0 Å². The van der Waals surface area contributed by atoms with Crippen LogP contribution in [-0.4, -0.2) is 18.5 Å². The Balaban J connectivity index is 2.45. The minimum absolute atomic E-state index is 0.0607. The van der Waals surface area contributed by atoms with E-state index in [-0.39, 0.29) is 11.9 Å². The fraction of sp³-hybridized carbons (Fsp3) is 0.500. The molecule has 0 heterocycles. The molecule has 1 N–H and O–H groups in total. The summed E-state index contributed by atoms with van der Waals surface area (Å²) >= 11 is 0. The smallest absolute Gasteiger partial charge is 0.253 e. The third-order valence-corrected chi connectivity index (χ3v) is 2.38. The zero-order chi connectivity index (χ0) is 12.1. The Bertz CT molecular complexity index is 311. The molecule has 1 aromatic carbocycles. The van der Waals surface area contributed by atoms with Gasteiger partial charge in [0.25, 0.3) is 6.43 Å². The molecule has 1 rings (SSSR count). The molecule has 0 radical (unpaired) electrons. The molecule has 90 valence electrons. The SMILES string of the molecule is CC(Cc1ccc(F)cc1)NC(C)C(F)F. The first-order chi connectivity index (χ1) is 7.49. The fourth-order valence-electron chi connectivity index (χ4n) is 1.55. The van der Waals surface area contributed by atoms with Crippen molar-refractivity contribution in [3.63, 3.8) is 0 Å². The average molecular weight is 231 g/mol. The van der Waals surface area contributed by atoms with Crippen molar-refractivity contribution in [3.8, 4) is 0 Å². The largest absolute Gasteiger partial charge is 0.306 e. The molecule has 0 bridgehead atoms. The van der Waals surface area contributed by atoms with Crippen LogP contribution in [0.5, 0.6) is 0 Å². The highest BCUT2D eigenvalue weighted by molar-refractivity contribution is 5.17. The Labute approximate surface area is 93.7 Å². The van der Waals surface area contributed by atoms with Crippen LogP contribution in [-0.2, 0) is 6.42 Å². The normalized spacial score (nSPS) is 15.1. The van der Waals surface area contributed by atoms with E-state index in [1.807, 2.05) is 6.92 Å². The molecule has 0 spiro atoms. The van der Waals surface area contributed by atoms with Crippen LogP contribution in [0.1, 0.15) is 19.4 Å². The number of alkyl halides is 2. The van der Waals surface area contributed by atoms with Crippen LogP contribution in [0, 0.1) is 5.82 Å². The van der Waals surface area contributed by atoms with Crippen LogP contribution in [0.2, 0.25) is 0 Å². The van der Waals surface area contributed by atoms with Crippen molar-refractivity contribution in [3.05, 3.63) is 35.6 Å². The second-order valence-electron chi connectivity index (χ2n) is 4.02. The number of hydrogen-bond acceptors (Lipinski definition) is 1. The number of nitrogens with one attached hydrogen (secondary N) is 1. The summed E-state index contributed by atoms with van der Waals surface area (Å²) in [6, 6.07) is 5.20. The Kier molecular flexibility index (Phi) is 4.80. The zero-order valence-corrected chi connectivity index (χ0v) is 9.38. The van der Waals surface area contributed by atoms with Gasteiger partial charge in [-0.15, -0.1) is 0 Å². The summed E-state index contributed by atoms with van der Waals surface area (Å²) in [5.74, 6) is -0.287. The molecule has 0 aliphatic heterocycles. The lowest BCUT2D eigenvalue weighted by atomic mass is 10.1. The highest BCUT2D eigenvalue weighted by atomic mass is 19.3. The van der Waals surface area contributed by atoms with E-state index in [4.69, 9.17) is 0 Å². The number of rotatable bonds is 5. The van der Waals surface area contributed by atoms with Gasteiger partial charge in [-0.25, -0.2) is 13.2 Å². The summed E-state index contributed by atoms with van der Waals surface area (Å²) in [5.41, 5.74) is 0.933. The molecule has 0 saturated carbocycles. The second kappa shape index (κ2) is 5.89. The molecule has 0 aromatic heterocycles. The van der Waals surface area contributed by atoms with Crippen molar-refractivity contribution in [2.45, 2.75) is 38.8 Å². The standard InChI is InChI=1S/C12H16F3N/c1-8(16-9(2)12(14)15)7-10-3-5-11(13)6-4-10/h3-6,8-9,12,16H,7H2,1-2H3. The quantitative estimate of drug-likeness (QED) is 0.821. The first kappa shape index (κ1) is 13.0. The van der Waals surface area contributed by atoms with Gasteiger partial charge >= 0.3 is 0 Å². The predicted octanol–water partition coefficient (Wildman–Crippen LogP) is 3.00. The first-order valence-corrected chi connectivity index (χ1v) is 5.27. The first-order valence-electron chi connectivity index (χ1n) is 5.27. The number of halogens is 3. The summed E-state index contributed by atoms with van der Waals surface area (Å²) in [4.78, 5) is 0. The molecular weight excluding hydrogens is 215 g/mol. The van der Waals surface area contributed by atoms with Gasteiger partial charge in [0.05, 0.1) is 6.04 Å². The monoisotopic (exact) mass is 231 g/mol. The van der Waals surface area contributed by atoms with E-state index >= 15 is 0 Å². The van der Waals surface area contributed by atoms with Crippen molar-refractivity contribution >= 4 is 0 Å². The number of benzene rings is 1. The molecule has 1 aromatic rings. The highest BCUT2D eigenvalue weighted by Crippen LogP contribution is 2.07. The maximum Gasteiger partial charge on any atom is 0.253 e. The van der Waals surface area contributed by atoms with Gasteiger partial charge in [-0.3, -0.25) is 0 Å². The van der Waals surface area contributed by atoms with Gasteiger partial charge in [-0.1, -0.05) is 12.1 Å². The van der Waals surface area contributed by atoms with E-state index in [0.717, 1.165) is 5.56 Å². The maximum atomic E-state index is 12.6. The van der Waals surface area contributed by atoms with Crippen LogP contribution in [0.4, 0.5) is 13.2 Å². The van der Waals surface area contributed by atoms with Crippen molar-refractivity contribution in [1.29, 1.82) is 0 Å². The lowest BCUT2D eigenvalue weighted by Crippen LogP contribution is -2.40. The van der Waals surface area contributed by atoms with Crippen LogP contribution in [0.25, 0.3) is 0 Å². The van der Waals surface area contributed by atoms with E-state index in [0.29, 0.717) is 6.42 Å². The van der Waals surface area contributed by atoms with E-state index < -0.39 is 12.5 Å². The Morgan fingerprint density at radius 1 is 1.12 bits per heavy atom. The van der Waals surface area contributed by atoms with E-state index in [1.165, 1.54) is 19.1 Å². The van der Waals surface area contributed by atoms with Gasteiger partial charge in [-0.05, 0) is 38.0 Å². The zero-order valence-electron chi connectivity index (χ0n) is 9.38. The average Bonchev–Trinajstić information content (AvgIpc) is 2.21. The Morgan fingerprint density at radius 2 is 1.69 bits per heavy atom. The lowest BCUT2D eigenvalue weighted by Gasteiger charge is -2.19. The second-order valence-corrected chi connectivity index (χ2v) is 4.02. The van der Waals surface area contributed by atoms with Gasteiger partial charge in [0, 0.05) is 6.04 Å². The van der Waals surface area contributed by atoms with E-state index in [9.17, 15) is 13.2 Å². The summed E-state index contributed by atoms with van der Waals surface area (Å²) in [5, 5.41) is 2.80. The third-order valence-electron chi connectivity index (χ3n) is 2.38. The highest BCUT2D eigenvalue weighted by Gasteiger charge is 2.16. The Hall–Kier alpha value is -1.03. The van der Waals surface area contributed by atoms with Gasteiger partial charge in [-0.2, -0.15) is 0 Å². The van der Waals surface area contributed by atoms with Crippen LogP contribution < -0.4 is 5.32 Å². The molecule has 0 amide bonds. The van der Waals surface area contributed by atoms with Crippen LogP contribution in [0.3, 0.4) is 0 Å². The van der Waals surface area contributed by atoms with Crippen molar-refractivity contribution in [1.82, 2.24) is 5.32 Å². The molecule has 0 fully saturated rings. The van der Waals surface area contributed by atoms with E-state index in [2.05, 4.69) is 5.32 Å². The van der Waals surface area contributed by atoms with Gasteiger partial charge in [0.2, 0.25) is 0 Å². The van der Waals surface area contributed by atoms with Crippen molar-refractivity contribution < 1.29 is 13.2 Å². The molecule has 2 atom stereocenters. The molecule has 2 unspecified atom stereocenters. The maximum absolute atomic E-state index is 12.6. The molecule has 0 saturated heterocycles. The Morgan fingerprint density at radius 3 is 2.19 bits per heavy atom. The van der Waals surface area contributed by atoms with Gasteiger partial charge < -0.3 is 5.32 Å². The van der Waals surface area contributed by atoms with E-state index in [1.54, 1.807) is 12.1 Å². The summed E-state index contributed by atoms with van der Waals surface area (Å²) in [6.45, 7) is 3.29. The fourth-order valence-corrected chi connectivity index (χ4v) is 1.55. The molecule has 0 aliphatic carbocycles. The minimum atomic E-state index is -2.37. The predicted molar refractivity (Wildman–Crippen MR) is 58.2 cm³/mol.